The van der Waals surface area contributed by atoms with Crippen molar-refractivity contribution in [2.24, 2.45) is 0 Å². The van der Waals surface area contributed by atoms with Gasteiger partial charge in [-0.3, -0.25) is 0 Å². The molecule has 21 heavy (non-hydrogen) atoms. The van der Waals surface area contributed by atoms with Crippen LogP contribution in [0.4, 0.5) is 10.1 Å². The number of anilines is 1. The van der Waals surface area contributed by atoms with E-state index in [2.05, 4.69) is 4.72 Å². The zero-order valence-electron chi connectivity index (χ0n) is 11.9. The van der Waals surface area contributed by atoms with Gasteiger partial charge in [0, 0.05) is 31.9 Å². The molecule has 0 fully saturated rings. The fourth-order valence-corrected chi connectivity index (χ4v) is 3.33. The van der Waals surface area contributed by atoms with Gasteiger partial charge < -0.3 is 5.73 Å². The molecule has 0 aromatic heterocycles. The lowest BCUT2D eigenvalue weighted by Crippen LogP contribution is -2.34. The van der Waals surface area contributed by atoms with Crippen LogP contribution in [0.1, 0.15) is 5.56 Å². The Labute approximate surface area is 124 Å². The molecule has 0 aliphatic heterocycles. The number of nitrogen functional groups attached to an aromatic ring is 1. The van der Waals surface area contributed by atoms with Crippen LogP contribution < -0.4 is 10.5 Å². The van der Waals surface area contributed by atoms with Crippen molar-refractivity contribution in [2.75, 3.05) is 32.1 Å². The molecule has 1 aromatic carbocycles. The third kappa shape index (κ3) is 4.37. The third-order valence-electron chi connectivity index (χ3n) is 2.88. The number of halogens is 1. The highest BCUT2D eigenvalue weighted by atomic mass is 32.2. The highest BCUT2D eigenvalue weighted by Gasteiger charge is 2.19. The lowest BCUT2D eigenvalue weighted by Gasteiger charge is -2.12. The Morgan fingerprint density at radius 3 is 2.29 bits per heavy atom. The first-order chi connectivity index (χ1) is 9.47. The van der Waals surface area contributed by atoms with Gasteiger partial charge >= 0.3 is 0 Å². The van der Waals surface area contributed by atoms with Gasteiger partial charge in [0.25, 0.3) is 0 Å². The predicted molar refractivity (Wildman–Crippen MR) is 78.2 cm³/mol. The number of benzene rings is 1. The molecule has 0 atom stereocenters. The van der Waals surface area contributed by atoms with Crippen molar-refractivity contribution >= 4 is 25.7 Å². The van der Waals surface area contributed by atoms with E-state index in [9.17, 15) is 21.2 Å². The molecule has 0 amide bonds. The Bertz CT molecular complexity index is 707. The molecule has 0 heterocycles. The first-order valence-corrected chi connectivity index (χ1v) is 9.02. The van der Waals surface area contributed by atoms with Crippen molar-refractivity contribution in [1.82, 2.24) is 9.03 Å². The summed E-state index contributed by atoms with van der Waals surface area (Å²) >= 11 is 0. The van der Waals surface area contributed by atoms with E-state index in [1.54, 1.807) is 0 Å². The number of hydrogen-bond acceptors (Lipinski definition) is 5. The summed E-state index contributed by atoms with van der Waals surface area (Å²) in [6.07, 6.45) is 0. The Balaban J connectivity index is 2.89. The van der Waals surface area contributed by atoms with E-state index in [0.29, 0.717) is 0 Å². The molecule has 0 spiro atoms. The Hall–Kier alpha value is -1.23. The maximum absolute atomic E-state index is 13.5. The molecule has 10 heteroatoms. The topological polar surface area (TPSA) is 110 Å². The van der Waals surface area contributed by atoms with Crippen LogP contribution >= 0.6 is 0 Å². The van der Waals surface area contributed by atoms with Gasteiger partial charge in [0.1, 0.15) is 5.82 Å². The summed E-state index contributed by atoms with van der Waals surface area (Å²) in [5, 5.41) is 0. The molecule has 120 valence electrons. The van der Waals surface area contributed by atoms with Crippen molar-refractivity contribution in [3.8, 4) is 0 Å². The van der Waals surface area contributed by atoms with E-state index >= 15 is 0 Å². The maximum Gasteiger partial charge on any atom is 0.240 e. The van der Waals surface area contributed by atoms with Gasteiger partial charge in [-0.25, -0.2) is 30.3 Å². The zero-order valence-corrected chi connectivity index (χ0v) is 13.6. The van der Waals surface area contributed by atoms with Crippen LogP contribution in [-0.2, 0) is 20.0 Å². The standard InChI is InChI=1S/C11H18FN3O4S2/c1-8-10(12)6-9(7-11(8)13)21(18,19)14-4-5-20(16,17)15(2)3/h6-7,14H,4-5,13H2,1-3H3. The van der Waals surface area contributed by atoms with Crippen LogP contribution in [0.15, 0.2) is 17.0 Å². The number of nitrogens with one attached hydrogen (secondary N) is 1. The van der Waals surface area contributed by atoms with Crippen LogP contribution in [0, 0.1) is 12.7 Å². The number of sulfonamides is 2. The quantitative estimate of drug-likeness (QED) is 0.703. The number of hydrogen-bond donors (Lipinski definition) is 2. The van der Waals surface area contributed by atoms with Crippen molar-refractivity contribution in [3.05, 3.63) is 23.5 Å². The van der Waals surface area contributed by atoms with Crippen LogP contribution in [0.2, 0.25) is 0 Å². The number of rotatable bonds is 6. The molecule has 0 aliphatic carbocycles. The first-order valence-electron chi connectivity index (χ1n) is 5.93. The van der Waals surface area contributed by atoms with Crippen LogP contribution in [-0.4, -0.2) is 47.5 Å². The molecule has 7 nitrogen and oxygen atoms in total. The monoisotopic (exact) mass is 339 g/mol. The van der Waals surface area contributed by atoms with Crippen molar-refractivity contribution < 1.29 is 21.2 Å². The molecular weight excluding hydrogens is 321 g/mol. The minimum Gasteiger partial charge on any atom is -0.398 e. The van der Waals surface area contributed by atoms with Crippen LogP contribution in [0.3, 0.4) is 0 Å². The minimum atomic E-state index is -4.02. The Kier molecular flexibility index (Phi) is 5.31. The zero-order chi connectivity index (χ0) is 16.4. The van der Waals surface area contributed by atoms with Gasteiger partial charge in [-0.2, -0.15) is 0 Å². The second-order valence-corrected chi connectivity index (χ2v) is 8.68. The van der Waals surface area contributed by atoms with E-state index in [1.165, 1.54) is 21.0 Å². The molecule has 0 aliphatic rings. The molecule has 3 N–H and O–H groups in total. The summed E-state index contributed by atoms with van der Waals surface area (Å²) in [7, 11) is -4.85. The fraction of sp³-hybridized carbons (Fsp3) is 0.455. The molecule has 0 unspecified atom stereocenters. The van der Waals surface area contributed by atoms with Gasteiger partial charge in [-0.05, 0) is 19.1 Å². The Morgan fingerprint density at radius 1 is 1.24 bits per heavy atom. The van der Waals surface area contributed by atoms with Crippen molar-refractivity contribution in [2.45, 2.75) is 11.8 Å². The van der Waals surface area contributed by atoms with Gasteiger partial charge in [-0.15, -0.1) is 0 Å². The van der Waals surface area contributed by atoms with Crippen molar-refractivity contribution in [1.29, 1.82) is 0 Å². The van der Waals surface area contributed by atoms with E-state index in [0.717, 1.165) is 16.4 Å². The number of nitrogens with two attached hydrogens (primary N) is 1. The number of nitrogens with zero attached hydrogens (tertiary/aromatic N) is 1. The lowest BCUT2D eigenvalue weighted by atomic mass is 10.2. The smallest absolute Gasteiger partial charge is 0.240 e. The van der Waals surface area contributed by atoms with Gasteiger partial charge in [0.05, 0.1) is 10.6 Å². The molecular formula is C11H18FN3O4S2. The third-order valence-corrected chi connectivity index (χ3v) is 6.15. The minimum absolute atomic E-state index is 0.0105. The second-order valence-electron chi connectivity index (χ2n) is 4.62. The molecule has 0 bridgehead atoms. The maximum atomic E-state index is 13.5. The largest absolute Gasteiger partial charge is 0.398 e. The fourth-order valence-electron chi connectivity index (χ4n) is 1.40. The van der Waals surface area contributed by atoms with Gasteiger partial charge in [0.2, 0.25) is 20.0 Å². The molecule has 1 aromatic rings. The summed E-state index contributed by atoms with van der Waals surface area (Å²) in [5.41, 5.74) is 5.69. The molecule has 0 saturated heterocycles. The van der Waals surface area contributed by atoms with Gasteiger partial charge in [-0.1, -0.05) is 0 Å². The second kappa shape index (κ2) is 6.26. The van der Waals surface area contributed by atoms with E-state index in [-0.39, 0.29) is 22.7 Å². The van der Waals surface area contributed by atoms with Crippen LogP contribution in [0.5, 0.6) is 0 Å². The molecule has 0 radical (unpaired) electrons. The lowest BCUT2D eigenvalue weighted by molar-refractivity contribution is 0.519. The van der Waals surface area contributed by atoms with E-state index in [4.69, 9.17) is 5.73 Å². The predicted octanol–water partition coefficient (Wildman–Crippen LogP) is -0.114. The van der Waals surface area contributed by atoms with E-state index < -0.39 is 31.6 Å². The highest BCUT2D eigenvalue weighted by Crippen LogP contribution is 2.20. The molecule has 1 rings (SSSR count). The highest BCUT2D eigenvalue weighted by molar-refractivity contribution is 7.90. The summed E-state index contributed by atoms with van der Waals surface area (Å²) in [6, 6.07) is 1.97. The Morgan fingerprint density at radius 2 is 1.81 bits per heavy atom. The average molecular weight is 339 g/mol. The van der Waals surface area contributed by atoms with Gasteiger partial charge in [0.15, 0.2) is 0 Å². The summed E-state index contributed by atoms with van der Waals surface area (Å²) in [5.74, 6) is -1.14. The average Bonchev–Trinajstić information content (AvgIpc) is 2.34. The summed E-state index contributed by atoms with van der Waals surface area (Å²) < 4.78 is 63.6. The summed E-state index contributed by atoms with van der Waals surface area (Å²) in [6.45, 7) is 1.11. The SMILES string of the molecule is Cc1c(N)cc(S(=O)(=O)NCCS(=O)(=O)N(C)C)cc1F. The normalized spacial score (nSPS) is 12.8. The first kappa shape index (κ1) is 17.8. The van der Waals surface area contributed by atoms with Crippen molar-refractivity contribution in [3.63, 3.8) is 0 Å². The van der Waals surface area contributed by atoms with E-state index in [1.807, 2.05) is 0 Å². The van der Waals surface area contributed by atoms with Crippen LogP contribution in [0.25, 0.3) is 0 Å². The summed E-state index contributed by atoms with van der Waals surface area (Å²) in [4.78, 5) is -0.342. The molecule has 0 saturated carbocycles.